The monoisotopic (exact) mass is 284 g/mol. The number of imidazole rings is 1. The molecule has 0 N–H and O–H groups in total. The molecule has 1 aromatic carbocycles. The Kier molecular flexibility index (Phi) is 3.68. The second-order valence-corrected chi connectivity index (χ2v) is 4.47. The fraction of sp³-hybridized carbons (Fsp3) is 0.267. The molecule has 0 saturated heterocycles. The van der Waals surface area contributed by atoms with E-state index in [1.165, 1.54) is 0 Å². The van der Waals surface area contributed by atoms with Crippen molar-refractivity contribution in [2.75, 3.05) is 6.61 Å². The summed E-state index contributed by atoms with van der Waals surface area (Å²) in [6, 6.07) is 7.82. The maximum atomic E-state index is 5.50. The van der Waals surface area contributed by atoms with Crippen molar-refractivity contribution in [2.45, 2.75) is 20.3 Å². The summed E-state index contributed by atoms with van der Waals surface area (Å²) in [6.45, 7) is 4.58. The lowest BCUT2D eigenvalue weighted by Gasteiger charge is -2.06. The highest BCUT2D eigenvalue weighted by atomic mass is 16.5. The van der Waals surface area contributed by atoms with Crippen molar-refractivity contribution < 1.29 is 9.26 Å². The van der Waals surface area contributed by atoms with Crippen LogP contribution in [-0.4, -0.2) is 26.3 Å². The van der Waals surface area contributed by atoms with Gasteiger partial charge >= 0.3 is 0 Å². The van der Waals surface area contributed by atoms with Gasteiger partial charge in [-0.2, -0.15) is 4.98 Å². The number of ether oxygens (including phenoxy) is 1. The van der Waals surface area contributed by atoms with Crippen LogP contribution in [0.4, 0.5) is 0 Å². The maximum Gasteiger partial charge on any atom is 0.278 e. The molecule has 6 heteroatoms. The van der Waals surface area contributed by atoms with Gasteiger partial charge in [-0.1, -0.05) is 18.1 Å². The minimum atomic E-state index is 0.437. The quantitative estimate of drug-likeness (QED) is 0.720. The van der Waals surface area contributed by atoms with Gasteiger partial charge in [-0.25, -0.2) is 4.98 Å². The number of nitrogens with zero attached hydrogens (tertiary/aromatic N) is 4. The average molecular weight is 284 g/mol. The molecular weight excluding hydrogens is 268 g/mol. The molecule has 21 heavy (non-hydrogen) atoms. The van der Waals surface area contributed by atoms with Crippen LogP contribution < -0.4 is 4.74 Å². The van der Waals surface area contributed by atoms with E-state index >= 15 is 0 Å². The minimum Gasteiger partial charge on any atom is -0.494 e. The molecule has 108 valence electrons. The molecule has 0 fully saturated rings. The third kappa shape index (κ3) is 2.79. The summed E-state index contributed by atoms with van der Waals surface area (Å²) >= 11 is 0. The Hall–Kier alpha value is -2.63. The molecule has 0 atom stereocenters. The number of aryl methyl sites for hydroxylation is 1. The molecule has 0 bridgehead atoms. The molecule has 0 spiro atoms. The second kappa shape index (κ2) is 5.78. The first-order chi connectivity index (χ1) is 10.3. The highest BCUT2D eigenvalue weighted by molar-refractivity contribution is 5.48. The molecule has 0 aliphatic rings. The molecule has 0 aliphatic carbocycles. The van der Waals surface area contributed by atoms with Gasteiger partial charge in [0.25, 0.3) is 5.89 Å². The zero-order chi connectivity index (χ0) is 14.7. The van der Waals surface area contributed by atoms with E-state index in [4.69, 9.17) is 9.26 Å². The van der Waals surface area contributed by atoms with E-state index in [0.717, 1.165) is 17.9 Å². The van der Waals surface area contributed by atoms with E-state index in [9.17, 15) is 0 Å². The smallest absolute Gasteiger partial charge is 0.278 e. The second-order valence-electron chi connectivity index (χ2n) is 4.47. The lowest BCUT2D eigenvalue weighted by molar-refractivity contribution is 0.340. The van der Waals surface area contributed by atoms with Crippen LogP contribution in [-0.2, 0) is 6.42 Å². The van der Waals surface area contributed by atoms with Gasteiger partial charge < -0.3 is 13.8 Å². The lowest BCUT2D eigenvalue weighted by Crippen LogP contribution is -1.94. The predicted molar refractivity (Wildman–Crippen MR) is 77.4 cm³/mol. The Morgan fingerprint density at radius 2 is 2.19 bits per heavy atom. The van der Waals surface area contributed by atoms with Crippen molar-refractivity contribution in [1.82, 2.24) is 19.7 Å². The Morgan fingerprint density at radius 1 is 1.29 bits per heavy atom. The zero-order valence-corrected chi connectivity index (χ0v) is 12.0. The Balaban J connectivity index is 1.89. The Labute approximate surface area is 122 Å². The highest BCUT2D eigenvalue weighted by Crippen LogP contribution is 2.20. The van der Waals surface area contributed by atoms with Crippen molar-refractivity contribution in [3.63, 3.8) is 0 Å². The SMILES string of the molecule is CCOc1cccc(-n2cnc(-c3nc(CC)no3)c2)c1. The minimum absolute atomic E-state index is 0.437. The fourth-order valence-corrected chi connectivity index (χ4v) is 1.98. The van der Waals surface area contributed by atoms with Gasteiger partial charge in [-0.3, -0.25) is 0 Å². The summed E-state index contributed by atoms with van der Waals surface area (Å²) in [5.74, 6) is 1.95. The molecule has 0 amide bonds. The van der Waals surface area contributed by atoms with Crippen LogP contribution in [0.25, 0.3) is 17.3 Å². The van der Waals surface area contributed by atoms with Crippen molar-refractivity contribution in [2.24, 2.45) is 0 Å². The van der Waals surface area contributed by atoms with Gasteiger partial charge in [0.15, 0.2) is 5.82 Å². The van der Waals surface area contributed by atoms with Gasteiger partial charge in [-0.15, -0.1) is 0 Å². The van der Waals surface area contributed by atoms with Crippen molar-refractivity contribution in [1.29, 1.82) is 0 Å². The first-order valence-corrected chi connectivity index (χ1v) is 6.90. The summed E-state index contributed by atoms with van der Waals surface area (Å²) in [6.07, 6.45) is 4.31. The van der Waals surface area contributed by atoms with Gasteiger partial charge in [0.1, 0.15) is 17.8 Å². The number of aromatic nitrogens is 4. The summed E-state index contributed by atoms with van der Waals surface area (Å²) in [4.78, 5) is 8.59. The third-order valence-electron chi connectivity index (χ3n) is 3.01. The molecule has 2 heterocycles. The van der Waals surface area contributed by atoms with Crippen LogP contribution in [0.1, 0.15) is 19.7 Å². The topological polar surface area (TPSA) is 66.0 Å². The normalized spacial score (nSPS) is 10.8. The van der Waals surface area contributed by atoms with Gasteiger partial charge in [-0.05, 0) is 19.1 Å². The van der Waals surface area contributed by atoms with Crippen molar-refractivity contribution >= 4 is 0 Å². The molecule has 0 unspecified atom stereocenters. The molecule has 2 aromatic heterocycles. The average Bonchev–Trinajstić information content (AvgIpc) is 3.17. The fourth-order valence-electron chi connectivity index (χ4n) is 1.98. The summed E-state index contributed by atoms with van der Waals surface area (Å²) in [5, 5.41) is 3.88. The lowest BCUT2D eigenvalue weighted by atomic mass is 10.3. The van der Waals surface area contributed by atoms with Crippen LogP contribution in [0.2, 0.25) is 0 Å². The zero-order valence-electron chi connectivity index (χ0n) is 12.0. The van der Waals surface area contributed by atoms with Gasteiger partial charge in [0.05, 0.1) is 12.3 Å². The van der Waals surface area contributed by atoms with E-state index in [0.29, 0.717) is 24.0 Å². The number of rotatable bonds is 5. The Morgan fingerprint density at radius 3 is 2.95 bits per heavy atom. The van der Waals surface area contributed by atoms with E-state index in [-0.39, 0.29) is 0 Å². The molecule has 3 rings (SSSR count). The van der Waals surface area contributed by atoms with Gasteiger partial charge in [0.2, 0.25) is 0 Å². The van der Waals surface area contributed by atoms with E-state index in [2.05, 4.69) is 15.1 Å². The predicted octanol–water partition coefficient (Wildman–Crippen LogP) is 2.88. The van der Waals surface area contributed by atoms with Crippen LogP contribution in [0, 0.1) is 0 Å². The molecule has 6 nitrogen and oxygen atoms in total. The van der Waals surface area contributed by atoms with Crippen LogP contribution in [0.5, 0.6) is 5.75 Å². The van der Waals surface area contributed by atoms with Crippen LogP contribution in [0.3, 0.4) is 0 Å². The first kappa shape index (κ1) is 13.4. The maximum absolute atomic E-state index is 5.50. The number of hydrogen-bond donors (Lipinski definition) is 0. The summed E-state index contributed by atoms with van der Waals surface area (Å²) in [7, 11) is 0. The summed E-state index contributed by atoms with van der Waals surface area (Å²) < 4.78 is 12.6. The van der Waals surface area contributed by atoms with Crippen LogP contribution >= 0.6 is 0 Å². The van der Waals surface area contributed by atoms with Crippen molar-refractivity contribution in [3.8, 4) is 23.0 Å². The molecule has 0 saturated carbocycles. The third-order valence-corrected chi connectivity index (χ3v) is 3.01. The first-order valence-electron chi connectivity index (χ1n) is 6.90. The van der Waals surface area contributed by atoms with Crippen LogP contribution in [0.15, 0.2) is 41.3 Å². The van der Waals surface area contributed by atoms with Gasteiger partial charge in [0, 0.05) is 18.7 Å². The molecule has 0 radical (unpaired) electrons. The molecule has 3 aromatic rings. The van der Waals surface area contributed by atoms with E-state index in [1.54, 1.807) is 6.33 Å². The van der Waals surface area contributed by atoms with Crippen molar-refractivity contribution in [3.05, 3.63) is 42.6 Å². The largest absolute Gasteiger partial charge is 0.494 e. The van der Waals surface area contributed by atoms with E-state index < -0.39 is 0 Å². The Bertz CT molecular complexity index is 733. The highest BCUT2D eigenvalue weighted by Gasteiger charge is 2.11. The number of benzene rings is 1. The standard InChI is InChI=1S/C15H16N4O2/c1-3-14-17-15(21-18-14)13-9-19(10-16-13)11-6-5-7-12(8-11)20-4-2/h5-10H,3-4H2,1-2H3. The number of hydrogen-bond acceptors (Lipinski definition) is 5. The molecule has 0 aliphatic heterocycles. The van der Waals surface area contributed by atoms with E-state index in [1.807, 2.05) is 48.9 Å². The summed E-state index contributed by atoms with van der Waals surface area (Å²) in [5.41, 5.74) is 1.62. The molecular formula is C15H16N4O2.